The number of fused-ring (bicyclic) bond motifs is 1. The molecule has 1 N–H and O–H groups in total. The first-order valence-corrected chi connectivity index (χ1v) is 5.43. The fraction of sp³-hybridized carbons (Fsp3) is 0.333. The first kappa shape index (κ1) is 11.1. The Balaban J connectivity index is 2.07. The molecule has 86 valence electrons. The average Bonchev–Trinajstić information content (AvgIpc) is 2.64. The number of nitrogens with one attached hydrogen (secondary N) is 1. The highest BCUT2D eigenvalue weighted by molar-refractivity contribution is 7.16. The smallest absolute Gasteiger partial charge is 0.369 e. The first-order chi connectivity index (χ1) is 7.56. The lowest BCUT2D eigenvalue weighted by Gasteiger charge is -2.08. The fourth-order valence-corrected chi connectivity index (χ4v) is 1.99. The lowest BCUT2D eigenvalue weighted by Crippen LogP contribution is -2.15. The number of nitrogens with zero attached hydrogens (tertiary/aromatic N) is 2. The molecule has 2 aromatic heterocycles. The second-order valence-electron chi connectivity index (χ2n) is 3.15. The van der Waals surface area contributed by atoms with Gasteiger partial charge in [-0.1, -0.05) is 0 Å². The summed E-state index contributed by atoms with van der Waals surface area (Å²) in [6.45, 7) is -0.175. The molecule has 3 nitrogen and oxygen atoms in total. The summed E-state index contributed by atoms with van der Waals surface area (Å²) in [7, 11) is 0. The van der Waals surface area contributed by atoms with E-state index in [9.17, 15) is 13.2 Å². The van der Waals surface area contributed by atoms with Gasteiger partial charge in [-0.3, -0.25) is 0 Å². The number of anilines is 1. The summed E-state index contributed by atoms with van der Waals surface area (Å²) in [6, 6.07) is 1.79. The van der Waals surface area contributed by atoms with Crippen LogP contribution in [0.1, 0.15) is 6.42 Å². The van der Waals surface area contributed by atoms with Gasteiger partial charge in [0.25, 0.3) is 0 Å². The van der Waals surface area contributed by atoms with Crippen LogP contribution >= 0.6 is 11.3 Å². The molecule has 16 heavy (non-hydrogen) atoms. The van der Waals surface area contributed by atoms with Gasteiger partial charge >= 0.3 is 6.18 Å². The number of rotatable bonds is 3. The Morgan fingerprint density at radius 2 is 2.12 bits per heavy atom. The van der Waals surface area contributed by atoms with Gasteiger partial charge in [0.1, 0.15) is 17.0 Å². The SMILES string of the molecule is FC(F)(F)CCNc1ncnc2sccc12. The van der Waals surface area contributed by atoms with Gasteiger partial charge < -0.3 is 5.32 Å². The van der Waals surface area contributed by atoms with Crippen LogP contribution in [0.3, 0.4) is 0 Å². The summed E-state index contributed by atoms with van der Waals surface area (Å²) in [5.74, 6) is 0.454. The van der Waals surface area contributed by atoms with Gasteiger partial charge in [-0.15, -0.1) is 11.3 Å². The molecule has 0 aromatic carbocycles. The molecule has 2 heterocycles. The van der Waals surface area contributed by atoms with E-state index in [2.05, 4.69) is 15.3 Å². The van der Waals surface area contributed by atoms with Crippen LogP contribution in [0.4, 0.5) is 19.0 Å². The third kappa shape index (κ3) is 2.60. The monoisotopic (exact) mass is 247 g/mol. The van der Waals surface area contributed by atoms with Crippen molar-refractivity contribution in [2.24, 2.45) is 0 Å². The number of hydrogen-bond donors (Lipinski definition) is 1. The highest BCUT2D eigenvalue weighted by Crippen LogP contribution is 2.24. The number of thiophene rings is 1. The minimum atomic E-state index is -4.15. The van der Waals surface area contributed by atoms with Crippen LogP contribution in [0.2, 0.25) is 0 Å². The maximum Gasteiger partial charge on any atom is 0.390 e. The van der Waals surface area contributed by atoms with Crippen molar-refractivity contribution in [3.63, 3.8) is 0 Å². The molecule has 0 radical (unpaired) electrons. The van der Waals surface area contributed by atoms with Crippen LogP contribution in [-0.4, -0.2) is 22.7 Å². The fourth-order valence-electron chi connectivity index (χ4n) is 1.25. The second-order valence-corrected chi connectivity index (χ2v) is 4.05. The van der Waals surface area contributed by atoms with Gasteiger partial charge in [0.15, 0.2) is 0 Å². The molecule has 2 rings (SSSR count). The average molecular weight is 247 g/mol. The van der Waals surface area contributed by atoms with Crippen LogP contribution in [-0.2, 0) is 0 Å². The Labute approximate surface area is 93.3 Å². The molecule has 0 atom stereocenters. The quantitative estimate of drug-likeness (QED) is 0.905. The normalized spacial score (nSPS) is 11.9. The first-order valence-electron chi connectivity index (χ1n) is 4.55. The van der Waals surface area contributed by atoms with Crippen molar-refractivity contribution in [3.05, 3.63) is 17.8 Å². The molecule has 0 saturated carbocycles. The van der Waals surface area contributed by atoms with E-state index in [-0.39, 0.29) is 6.54 Å². The van der Waals surface area contributed by atoms with Crippen LogP contribution < -0.4 is 5.32 Å². The molecule has 0 fully saturated rings. The Kier molecular flexibility index (Phi) is 2.95. The van der Waals surface area contributed by atoms with E-state index < -0.39 is 12.6 Å². The highest BCUT2D eigenvalue weighted by Gasteiger charge is 2.26. The lowest BCUT2D eigenvalue weighted by atomic mass is 10.3. The molecule has 0 unspecified atom stereocenters. The van der Waals surface area contributed by atoms with Gasteiger partial charge in [0, 0.05) is 6.54 Å². The molecule has 2 aromatic rings. The van der Waals surface area contributed by atoms with Gasteiger partial charge in [-0.05, 0) is 11.4 Å². The van der Waals surface area contributed by atoms with E-state index in [1.807, 2.05) is 5.38 Å². The molecule has 0 saturated heterocycles. The van der Waals surface area contributed by atoms with E-state index in [1.165, 1.54) is 17.7 Å². The molecule has 0 aliphatic rings. The van der Waals surface area contributed by atoms with Gasteiger partial charge in [0.05, 0.1) is 11.8 Å². The summed E-state index contributed by atoms with van der Waals surface area (Å²) in [5, 5.41) is 5.25. The Morgan fingerprint density at radius 3 is 2.88 bits per heavy atom. The molecular weight excluding hydrogens is 239 g/mol. The van der Waals surface area contributed by atoms with Crippen molar-refractivity contribution < 1.29 is 13.2 Å². The number of aromatic nitrogens is 2. The van der Waals surface area contributed by atoms with Crippen LogP contribution in [0.15, 0.2) is 17.8 Å². The maximum atomic E-state index is 11.9. The zero-order valence-electron chi connectivity index (χ0n) is 8.08. The molecule has 0 amide bonds. The van der Waals surface area contributed by atoms with E-state index in [0.29, 0.717) is 5.82 Å². The van der Waals surface area contributed by atoms with Crippen molar-refractivity contribution >= 4 is 27.4 Å². The van der Waals surface area contributed by atoms with Crippen molar-refractivity contribution in [3.8, 4) is 0 Å². The molecule has 0 bridgehead atoms. The van der Waals surface area contributed by atoms with Gasteiger partial charge in [0.2, 0.25) is 0 Å². The Hall–Kier alpha value is -1.37. The molecule has 0 aliphatic carbocycles. The Morgan fingerprint density at radius 1 is 1.31 bits per heavy atom. The largest absolute Gasteiger partial charge is 0.390 e. The van der Waals surface area contributed by atoms with E-state index in [0.717, 1.165) is 10.2 Å². The summed E-state index contributed by atoms with van der Waals surface area (Å²) >= 11 is 1.43. The van der Waals surface area contributed by atoms with Crippen molar-refractivity contribution in [2.75, 3.05) is 11.9 Å². The lowest BCUT2D eigenvalue weighted by molar-refractivity contribution is -0.131. The summed E-state index contributed by atoms with van der Waals surface area (Å²) in [5.41, 5.74) is 0. The minimum Gasteiger partial charge on any atom is -0.369 e. The zero-order valence-corrected chi connectivity index (χ0v) is 8.90. The maximum absolute atomic E-state index is 11.9. The zero-order chi connectivity index (χ0) is 11.6. The summed E-state index contributed by atoms with van der Waals surface area (Å²) < 4.78 is 35.8. The summed E-state index contributed by atoms with van der Waals surface area (Å²) in [4.78, 5) is 8.69. The number of halogens is 3. The minimum absolute atomic E-state index is 0.175. The molecule has 7 heteroatoms. The number of hydrogen-bond acceptors (Lipinski definition) is 4. The molecule has 0 aliphatic heterocycles. The molecular formula is C9H8F3N3S. The van der Waals surface area contributed by atoms with Crippen molar-refractivity contribution in [1.29, 1.82) is 0 Å². The summed E-state index contributed by atoms with van der Waals surface area (Å²) in [6.07, 6.45) is -3.68. The highest BCUT2D eigenvalue weighted by atomic mass is 32.1. The van der Waals surface area contributed by atoms with E-state index >= 15 is 0 Å². The van der Waals surface area contributed by atoms with Crippen molar-refractivity contribution in [2.45, 2.75) is 12.6 Å². The third-order valence-electron chi connectivity index (χ3n) is 1.96. The van der Waals surface area contributed by atoms with Crippen LogP contribution in [0.25, 0.3) is 10.2 Å². The molecule has 0 spiro atoms. The van der Waals surface area contributed by atoms with E-state index in [4.69, 9.17) is 0 Å². The topological polar surface area (TPSA) is 37.8 Å². The van der Waals surface area contributed by atoms with Crippen LogP contribution in [0.5, 0.6) is 0 Å². The predicted molar refractivity (Wildman–Crippen MR) is 56.6 cm³/mol. The van der Waals surface area contributed by atoms with Crippen molar-refractivity contribution in [1.82, 2.24) is 9.97 Å². The Bertz CT molecular complexity index is 480. The van der Waals surface area contributed by atoms with Gasteiger partial charge in [-0.25, -0.2) is 9.97 Å². The number of alkyl halides is 3. The van der Waals surface area contributed by atoms with Crippen LogP contribution in [0, 0.1) is 0 Å². The van der Waals surface area contributed by atoms with Gasteiger partial charge in [-0.2, -0.15) is 13.2 Å². The standard InChI is InChI=1S/C9H8F3N3S/c10-9(11,12)2-3-13-7-6-1-4-16-8(6)15-5-14-7/h1,4-5H,2-3H2,(H,13,14,15). The predicted octanol–water partition coefficient (Wildman–Crippen LogP) is 3.06. The second kappa shape index (κ2) is 4.25. The van der Waals surface area contributed by atoms with E-state index in [1.54, 1.807) is 6.07 Å². The third-order valence-corrected chi connectivity index (χ3v) is 2.78.